The lowest BCUT2D eigenvalue weighted by molar-refractivity contribution is 0.0928. The third-order valence-corrected chi connectivity index (χ3v) is 7.32. The maximum absolute atomic E-state index is 11.5. The van der Waals surface area contributed by atoms with E-state index in [0.29, 0.717) is 0 Å². The summed E-state index contributed by atoms with van der Waals surface area (Å²) in [6.45, 7) is 0. The number of rotatable bonds is 2. The van der Waals surface area contributed by atoms with Crippen LogP contribution in [-0.4, -0.2) is 20.8 Å². The topological polar surface area (TPSA) is 43.4 Å². The van der Waals surface area contributed by atoms with Crippen molar-refractivity contribution in [3.63, 3.8) is 0 Å². The van der Waals surface area contributed by atoms with Gasteiger partial charge in [-0.1, -0.05) is 36.8 Å². The molecule has 0 spiro atoms. The fraction of sp³-hybridized carbons (Fsp3) is 0.889. The van der Waals surface area contributed by atoms with Crippen molar-refractivity contribution in [2.24, 2.45) is 23.7 Å². The lowest BCUT2D eigenvalue weighted by Gasteiger charge is -2.49. The van der Waals surface area contributed by atoms with Gasteiger partial charge in [0.15, 0.2) is 0 Å². The van der Waals surface area contributed by atoms with Gasteiger partial charge in [-0.25, -0.2) is 0 Å². The second kappa shape index (κ2) is 5.62. The quantitative estimate of drug-likeness (QED) is 0.568. The molecule has 4 aliphatic carbocycles. The minimum absolute atomic E-state index is 0.108. The summed E-state index contributed by atoms with van der Waals surface area (Å²) >= 11 is 0. The summed E-state index contributed by atoms with van der Waals surface area (Å²) in [6.07, 6.45) is 13.8. The van der Waals surface area contributed by atoms with E-state index in [0.717, 1.165) is 36.5 Å². The fourth-order valence-corrected chi connectivity index (χ4v) is 6.76. The van der Waals surface area contributed by atoms with Gasteiger partial charge < -0.3 is 0 Å². The molecule has 4 aliphatic rings. The van der Waals surface area contributed by atoms with Crippen molar-refractivity contribution in [3.05, 3.63) is 11.1 Å². The SMILES string of the molecule is CS(=O)(=O)OC1CC2=C(C1)C1CCCCC1C1CCCCC21. The van der Waals surface area contributed by atoms with E-state index in [4.69, 9.17) is 4.18 Å². The van der Waals surface area contributed by atoms with Crippen molar-refractivity contribution in [2.45, 2.75) is 70.3 Å². The maximum atomic E-state index is 11.5. The van der Waals surface area contributed by atoms with Crippen LogP contribution in [0.3, 0.4) is 0 Å². The first-order chi connectivity index (χ1) is 10.5. The second-order valence-corrected chi connectivity index (χ2v) is 9.59. The van der Waals surface area contributed by atoms with Gasteiger partial charge in [0, 0.05) is 0 Å². The Kier molecular flexibility index (Phi) is 3.88. The van der Waals surface area contributed by atoms with E-state index in [1.165, 1.54) is 57.6 Å². The second-order valence-electron chi connectivity index (χ2n) is 7.99. The Labute approximate surface area is 134 Å². The van der Waals surface area contributed by atoms with Crippen molar-refractivity contribution in [1.29, 1.82) is 0 Å². The number of hydrogen-bond donors (Lipinski definition) is 0. The summed E-state index contributed by atoms with van der Waals surface area (Å²) in [5.41, 5.74) is 3.25. The Morgan fingerprint density at radius 1 is 0.818 bits per heavy atom. The van der Waals surface area contributed by atoms with Crippen LogP contribution in [0.1, 0.15) is 64.2 Å². The Morgan fingerprint density at radius 2 is 1.27 bits per heavy atom. The Bertz CT molecular complexity index is 543. The van der Waals surface area contributed by atoms with Gasteiger partial charge in [0.2, 0.25) is 0 Å². The highest BCUT2D eigenvalue weighted by molar-refractivity contribution is 7.86. The average molecular weight is 324 g/mol. The highest BCUT2D eigenvalue weighted by Gasteiger charge is 2.48. The maximum Gasteiger partial charge on any atom is 0.264 e. The molecule has 124 valence electrons. The van der Waals surface area contributed by atoms with Crippen LogP contribution in [-0.2, 0) is 14.3 Å². The van der Waals surface area contributed by atoms with Crippen LogP contribution in [0, 0.1) is 23.7 Å². The minimum Gasteiger partial charge on any atom is -0.266 e. The Morgan fingerprint density at radius 3 is 1.73 bits per heavy atom. The van der Waals surface area contributed by atoms with Crippen LogP contribution in [0.5, 0.6) is 0 Å². The van der Waals surface area contributed by atoms with Crippen LogP contribution >= 0.6 is 0 Å². The summed E-state index contributed by atoms with van der Waals surface area (Å²) < 4.78 is 28.4. The highest BCUT2D eigenvalue weighted by atomic mass is 32.2. The van der Waals surface area contributed by atoms with Crippen molar-refractivity contribution >= 4 is 10.1 Å². The summed E-state index contributed by atoms with van der Waals surface area (Å²) in [5, 5.41) is 0. The normalized spacial score (nSPS) is 41.8. The molecule has 4 heteroatoms. The predicted octanol–water partition coefficient (Wildman–Crippen LogP) is 4.05. The number of hydrogen-bond acceptors (Lipinski definition) is 3. The molecule has 2 saturated carbocycles. The molecule has 0 aromatic carbocycles. The van der Waals surface area contributed by atoms with Gasteiger partial charge in [-0.2, -0.15) is 8.42 Å². The first-order valence-electron chi connectivity index (χ1n) is 9.13. The molecule has 0 amide bonds. The van der Waals surface area contributed by atoms with Crippen LogP contribution in [0.2, 0.25) is 0 Å². The van der Waals surface area contributed by atoms with Gasteiger partial charge in [0.1, 0.15) is 0 Å². The molecular formula is C18H28O3S. The van der Waals surface area contributed by atoms with Gasteiger partial charge in [0.25, 0.3) is 10.1 Å². The molecule has 4 unspecified atom stereocenters. The lowest BCUT2D eigenvalue weighted by atomic mass is 9.56. The summed E-state index contributed by atoms with van der Waals surface area (Å²) in [6, 6.07) is 0. The van der Waals surface area contributed by atoms with Crippen LogP contribution in [0.15, 0.2) is 11.1 Å². The van der Waals surface area contributed by atoms with Gasteiger partial charge >= 0.3 is 0 Å². The first kappa shape index (κ1) is 15.2. The molecule has 0 aromatic rings. The smallest absolute Gasteiger partial charge is 0.264 e. The van der Waals surface area contributed by atoms with E-state index >= 15 is 0 Å². The van der Waals surface area contributed by atoms with E-state index in [9.17, 15) is 8.42 Å². The molecule has 0 aromatic heterocycles. The lowest BCUT2D eigenvalue weighted by Crippen LogP contribution is -2.39. The third-order valence-electron chi connectivity index (χ3n) is 6.70. The summed E-state index contributed by atoms with van der Waals surface area (Å²) in [5.74, 6) is 3.26. The zero-order valence-corrected chi connectivity index (χ0v) is 14.4. The van der Waals surface area contributed by atoms with Crippen LogP contribution in [0.25, 0.3) is 0 Å². The molecule has 4 atom stereocenters. The molecule has 0 aliphatic heterocycles. The van der Waals surface area contributed by atoms with Crippen LogP contribution in [0.4, 0.5) is 0 Å². The van der Waals surface area contributed by atoms with Crippen molar-refractivity contribution < 1.29 is 12.6 Å². The van der Waals surface area contributed by atoms with Crippen molar-refractivity contribution in [2.75, 3.05) is 6.26 Å². The molecule has 0 saturated heterocycles. The monoisotopic (exact) mass is 324 g/mol. The number of fused-ring (bicyclic) bond motifs is 5. The standard InChI is InChI=1S/C18H28O3S/c1-22(19,20)21-12-10-17-15-8-4-2-6-13(15)14-7-3-5-9-16(14)18(17)11-12/h12-16H,2-11H2,1H3. The third kappa shape index (κ3) is 2.66. The van der Waals surface area contributed by atoms with Gasteiger partial charge in [-0.3, -0.25) is 4.18 Å². The fourth-order valence-electron chi connectivity index (χ4n) is 6.13. The molecule has 0 bridgehead atoms. The molecule has 0 heterocycles. The first-order valence-corrected chi connectivity index (χ1v) is 10.9. The minimum atomic E-state index is -3.34. The average Bonchev–Trinajstić information content (AvgIpc) is 2.89. The molecule has 3 nitrogen and oxygen atoms in total. The van der Waals surface area contributed by atoms with E-state index < -0.39 is 10.1 Å². The van der Waals surface area contributed by atoms with Crippen molar-refractivity contribution in [3.8, 4) is 0 Å². The van der Waals surface area contributed by atoms with Crippen LogP contribution < -0.4 is 0 Å². The zero-order chi connectivity index (χ0) is 15.3. The zero-order valence-electron chi connectivity index (χ0n) is 13.6. The van der Waals surface area contributed by atoms with Gasteiger partial charge in [-0.15, -0.1) is 0 Å². The Balaban J connectivity index is 1.63. The van der Waals surface area contributed by atoms with E-state index in [-0.39, 0.29) is 6.10 Å². The van der Waals surface area contributed by atoms with Crippen molar-refractivity contribution in [1.82, 2.24) is 0 Å². The summed E-state index contributed by atoms with van der Waals surface area (Å²) in [4.78, 5) is 0. The summed E-state index contributed by atoms with van der Waals surface area (Å²) in [7, 11) is -3.34. The molecule has 0 radical (unpaired) electrons. The van der Waals surface area contributed by atoms with Gasteiger partial charge in [0.05, 0.1) is 12.4 Å². The molecule has 2 fully saturated rings. The largest absolute Gasteiger partial charge is 0.266 e. The molecular weight excluding hydrogens is 296 g/mol. The Hall–Kier alpha value is -0.350. The molecule has 0 N–H and O–H groups in total. The van der Waals surface area contributed by atoms with E-state index in [1.54, 1.807) is 11.1 Å². The van der Waals surface area contributed by atoms with Gasteiger partial charge in [-0.05, 0) is 62.2 Å². The molecule has 22 heavy (non-hydrogen) atoms. The highest BCUT2D eigenvalue weighted by Crippen LogP contribution is 2.57. The van der Waals surface area contributed by atoms with E-state index in [2.05, 4.69) is 0 Å². The molecule has 4 rings (SSSR count). The predicted molar refractivity (Wildman–Crippen MR) is 86.9 cm³/mol. The van der Waals surface area contributed by atoms with E-state index in [1.807, 2.05) is 0 Å².